The molecule has 0 heterocycles. The molecule has 2 aromatic carbocycles. The number of methoxy groups -OCH3 is 1. The number of aliphatic hydroxyl groups is 1. The second-order valence-electron chi connectivity index (χ2n) is 5.45. The predicted molar refractivity (Wildman–Crippen MR) is 99.5 cm³/mol. The maximum absolute atomic E-state index is 10.2. The molecule has 3 atom stereocenters. The van der Waals surface area contributed by atoms with Crippen LogP contribution in [0.5, 0.6) is 0 Å². The molecule has 1 N–H and O–H groups in total. The quantitative estimate of drug-likeness (QED) is 0.424. The summed E-state index contributed by atoms with van der Waals surface area (Å²) in [5.74, 6) is 0.547. The Bertz CT molecular complexity index is 806. The number of hydrogen-bond donors (Lipinski definition) is 1. The molecule has 1 aliphatic carbocycles. The summed E-state index contributed by atoms with van der Waals surface area (Å²) in [6.07, 6.45) is 0. The summed E-state index contributed by atoms with van der Waals surface area (Å²) in [6, 6.07) is 20.8. The zero-order valence-corrected chi connectivity index (χ0v) is 19.4. The Morgan fingerprint density at radius 1 is 0.839 bits per heavy atom. The Kier molecular flexibility index (Phi) is 22.4. The first-order chi connectivity index (χ1) is 15.3. The third kappa shape index (κ3) is 8.34. The van der Waals surface area contributed by atoms with Crippen LogP contribution in [0.3, 0.4) is 0 Å². The molecule has 0 saturated heterocycles. The van der Waals surface area contributed by atoms with Crippen LogP contribution in [0.1, 0.15) is 17.0 Å². The minimum atomic E-state index is -0.240. The fraction of sp³-hybridized carbons (Fsp3) is 0.217. The van der Waals surface area contributed by atoms with Crippen molar-refractivity contribution in [1.82, 2.24) is 0 Å². The molecule has 0 amide bonds. The predicted octanol–water partition coefficient (Wildman–Crippen LogP) is 2.47. The van der Waals surface area contributed by atoms with Crippen molar-refractivity contribution in [3.8, 4) is 0 Å². The topological polar surface area (TPSA) is 129 Å². The molecule has 1 fully saturated rings. The molecular formula is C23H18O7W. The second-order valence-corrected chi connectivity index (χ2v) is 6.90. The molecule has 0 bridgehead atoms. The van der Waals surface area contributed by atoms with Crippen LogP contribution < -0.4 is 0 Å². The van der Waals surface area contributed by atoms with Crippen LogP contribution in [0.15, 0.2) is 60.7 Å². The molecule has 0 spiro atoms. The van der Waals surface area contributed by atoms with Gasteiger partial charge in [0.25, 0.3) is 0 Å². The van der Waals surface area contributed by atoms with E-state index >= 15 is 0 Å². The molecule has 1 saturated carbocycles. The molecule has 3 rings (SSSR count). The summed E-state index contributed by atoms with van der Waals surface area (Å²) >= 11 is 1.34. The van der Waals surface area contributed by atoms with Gasteiger partial charge in [0, 0.05) is 0 Å². The molecular weight excluding hydrogens is 572 g/mol. The van der Waals surface area contributed by atoms with Gasteiger partial charge in [-0.05, 0) is 0 Å². The van der Waals surface area contributed by atoms with E-state index in [1.165, 1.54) is 30.5 Å². The number of rotatable bonds is 5. The summed E-state index contributed by atoms with van der Waals surface area (Å²) in [7, 11) is 1.73. The van der Waals surface area contributed by atoms with Gasteiger partial charge in [-0.2, -0.15) is 0 Å². The Morgan fingerprint density at radius 3 is 1.58 bits per heavy atom. The minimum absolute atomic E-state index is 0.140. The third-order valence-corrected chi connectivity index (χ3v) is 6.03. The first-order valence-electron chi connectivity index (χ1n) is 8.07. The average Bonchev–Trinajstić information content (AvgIpc) is 3.61. The molecule has 7 nitrogen and oxygen atoms in total. The van der Waals surface area contributed by atoms with Crippen molar-refractivity contribution in [2.45, 2.75) is 11.3 Å². The molecule has 0 unspecified atom stereocenters. The number of aliphatic hydroxyl groups excluding tert-OH is 1. The van der Waals surface area contributed by atoms with E-state index in [4.69, 9.17) is 28.0 Å². The summed E-state index contributed by atoms with van der Waals surface area (Å²) in [4.78, 5) is 0. The van der Waals surface area contributed by atoms with E-state index in [0.29, 0.717) is 5.92 Å². The van der Waals surface area contributed by atoms with Crippen LogP contribution in [0.25, 0.3) is 0 Å². The van der Waals surface area contributed by atoms with Crippen molar-refractivity contribution in [1.29, 1.82) is 0 Å². The van der Waals surface area contributed by atoms with E-state index in [1.54, 1.807) is 7.11 Å². The van der Waals surface area contributed by atoms with E-state index in [9.17, 15) is 5.11 Å². The van der Waals surface area contributed by atoms with Gasteiger partial charge in [0.05, 0.1) is 0 Å². The van der Waals surface area contributed by atoms with E-state index in [2.05, 4.69) is 69.7 Å². The molecule has 0 radical (unpaired) electrons. The van der Waals surface area contributed by atoms with Gasteiger partial charge in [0.2, 0.25) is 0 Å². The number of hydrogen-bond acceptors (Lipinski definition) is 2. The van der Waals surface area contributed by atoms with Crippen LogP contribution in [0.2, 0.25) is 0 Å². The van der Waals surface area contributed by atoms with Crippen LogP contribution >= 0.6 is 0 Å². The van der Waals surface area contributed by atoms with Crippen molar-refractivity contribution in [3.05, 3.63) is 105 Å². The van der Waals surface area contributed by atoms with Crippen LogP contribution in [-0.4, -0.2) is 22.9 Å². The summed E-state index contributed by atoms with van der Waals surface area (Å²) in [6.45, 7) is 22.6. The average molecular weight is 590 g/mol. The van der Waals surface area contributed by atoms with E-state index in [1.807, 2.05) is 24.3 Å². The van der Waals surface area contributed by atoms with Gasteiger partial charge in [0.15, 0.2) is 0 Å². The standard InChI is InChI=1S/C18H18O2.5CO.W/c1-20-12-16-17(14-8-4-2-5-9-14)18(16,13-19)15-10-6-3-7-11-15;5*1-2;/h2-11,16-17,19H,13H2,1H3;;;;;;/t16-,17-,18-;;;;;;/m1....../s1. The zero-order chi connectivity index (χ0) is 24.9. The first kappa shape index (κ1) is 33.3. The molecule has 8 heteroatoms. The molecule has 0 aromatic heterocycles. The van der Waals surface area contributed by atoms with Gasteiger partial charge in [-0.3, -0.25) is 0 Å². The van der Waals surface area contributed by atoms with Crippen molar-refractivity contribution >= 4 is 4.08 Å². The van der Waals surface area contributed by atoms with Crippen LogP contribution in [0.4, 0.5) is 0 Å². The van der Waals surface area contributed by atoms with Crippen molar-refractivity contribution in [2.24, 2.45) is 5.92 Å². The van der Waals surface area contributed by atoms with Gasteiger partial charge in [-0.25, -0.2) is 0 Å². The summed E-state index contributed by atoms with van der Waals surface area (Å²) < 4.78 is 44.1. The molecule has 0 aliphatic heterocycles. The Morgan fingerprint density at radius 2 is 1.23 bits per heavy atom. The van der Waals surface area contributed by atoms with E-state index in [0.717, 1.165) is 4.08 Å². The second kappa shape index (κ2) is 20.9. The third-order valence-electron chi connectivity index (χ3n) is 4.52. The fourth-order valence-corrected chi connectivity index (χ4v) is 4.70. The van der Waals surface area contributed by atoms with Gasteiger partial charge < -0.3 is 0 Å². The maximum atomic E-state index is 10.2. The van der Waals surface area contributed by atoms with E-state index in [-0.39, 0.29) is 17.9 Å². The summed E-state index contributed by atoms with van der Waals surface area (Å²) in [5, 5.41) is 10.2. The molecule has 31 heavy (non-hydrogen) atoms. The van der Waals surface area contributed by atoms with Gasteiger partial charge in [0.1, 0.15) is 0 Å². The van der Waals surface area contributed by atoms with Crippen molar-refractivity contribution in [3.63, 3.8) is 0 Å². The van der Waals surface area contributed by atoms with Crippen LogP contribution in [0, 0.1) is 39.2 Å². The molecule has 1 aliphatic rings. The Hall–Kier alpha value is -2.38. The van der Waals surface area contributed by atoms with Gasteiger partial charge >= 0.3 is 193 Å². The fourth-order valence-electron chi connectivity index (χ4n) is 3.46. The SMILES string of the molecule is CO[C](=[W])[C@@H]1[C@@H](c2ccccc2)[C@]1(CO)c1ccccc1.[C-]#[O+].[C-]#[O+].[C-]#[O+].[C-]#[O+].[C-]#[O+]. The number of ether oxygens (including phenoxy) is 1. The molecule has 158 valence electrons. The molecule has 2 aromatic rings. The summed E-state index contributed by atoms with van der Waals surface area (Å²) in [5.41, 5.74) is 2.23. The zero-order valence-electron chi connectivity index (χ0n) is 16.4. The van der Waals surface area contributed by atoms with E-state index < -0.39 is 0 Å². The first-order valence-corrected chi connectivity index (χ1v) is 9.53. The Labute approximate surface area is 192 Å². The Balaban J connectivity index is -0.000000692. The van der Waals surface area contributed by atoms with Crippen molar-refractivity contribution < 1.29 is 52.5 Å². The van der Waals surface area contributed by atoms with Gasteiger partial charge in [-0.1, -0.05) is 0 Å². The monoisotopic (exact) mass is 590 g/mol. The normalized spacial score (nSPS) is 18.8. The number of benzene rings is 2. The van der Waals surface area contributed by atoms with Gasteiger partial charge in [-0.15, -0.1) is 0 Å². The van der Waals surface area contributed by atoms with Crippen molar-refractivity contribution in [2.75, 3.05) is 13.7 Å². The van der Waals surface area contributed by atoms with Crippen LogP contribution in [-0.2, 0) is 52.8 Å².